The van der Waals surface area contributed by atoms with Crippen LogP contribution in [0.5, 0.6) is 0 Å². The molecule has 17 heavy (non-hydrogen) atoms. The Morgan fingerprint density at radius 2 is 1.71 bits per heavy atom. The van der Waals surface area contributed by atoms with Gasteiger partial charge in [-0.15, -0.1) is 0 Å². The summed E-state index contributed by atoms with van der Waals surface area (Å²) in [7, 11) is -2.91. The molecule has 5 heteroatoms. The van der Waals surface area contributed by atoms with Crippen LogP contribution in [0.4, 0.5) is 0 Å². The zero-order valence-corrected chi connectivity index (χ0v) is 12.1. The van der Waals surface area contributed by atoms with E-state index in [4.69, 9.17) is 0 Å². The van der Waals surface area contributed by atoms with Gasteiger partial charge in [0.2, 0.25) is 0 Å². The summed E-state index contributed by atoms with van der Waals surface area (Å²) in [4.78, 5) is 0. The molecule has 0 aromatic carbocycles. The second-order valence-electron chi connectivity index (χ2n) is 4.50. The van der Waals surface area contributed by atoms with E-state index in [-0.39, 0.29) is 17.6 Å². The smallest absolute Gasteiger partial charge is 0.151 e. The average molecular weight is 265 g/mol. The molecule has 1 atom stereocenters. The van der Waals surface area contributed by atoms with Crippen LogP contribution in [-0.4, -0.2) is 44.2 Å². The first-order valence-corrected chi connectivity index (χ1v) is 8.38. The molecule has 0 aromatic rings. The predicted octanol–water partition coefficient (Wildman–Crippen LogP) is 1.20. The molecule has 0 aliphatic carbocycles. The van der Waals surface area contributed by atoms with Crippen LogP contribution < -0.4 is 5.32 Å². The van der Waals surface area contributed by atoms with Crippen LogP contribution in [0.25, 0.3) is 0 Å². The van der Waals surface area contributed by atoms with E-state index in [1.165, 1.54) is 0 Å². The highest BCUT2D eigenvalue weighted by atomic mass is 32.2. The van der Waals surface area contributed by atoms with Crippen molar-refractivity contribution >= 4 is 9.84 Å². The lowest BCUT2D eigenvalue weighted by molar-refractivity contribution is 0.102. The van der Waals surface area contributed by atoms with Crippen molar-refractivity contribution in [3.63, 3.8) is 0 Å². The van der Waals surface area contributed by atoms with E-state index in [1.807, 2.05) is 6.92 Å². The van der Waals surface area contributed by atoms with Crippen LogP contribution in [0.1, 0.15) is 40.0 Å². The minimum atomic E-state index is -2.91. The second kappa shape index (κ2) is 8.89. The summed E-state index contributed by atoms with van der Waals surface area (Å²) in [5, 5.41) is 12.8. The SMILES string of the molecule is CCCS(=O)(=O)CCNCC(O)C(CC)CC. The van der Waals surface area contributed by atoms with Gasteiger partial charge in [0.05, 0.1) is 11.9 Å². The zero-order chi connectivity index (χ0) is 13.3. The molecule has 2 N–H and O–H groups in total. The van der Waals surface area contributed by atoms with Gasteiger partial charge in [-0.2, -0.15) is 0 Å². The summed E-state index contributed by atoms with van der Waals surface area (Å²) < 4.78 is 22.8. The standard InChI is InChI=1S/C12H27NO3S/c1-4-8-17(15,16)9-7-13-10-12(14)11(5-2)6-3/h11-14H,4-10H2,1-3H3. The molecule has 0 aromatic heterocycles. The molecule has 0 saturated carbocycles. The van der Waals surface area contributed by atoms with Gasteiger partial charge in [-0.05, 0) is 12.3 Å². The van der Waals surface area contributed by atoms with E-state index in [9.17, 15) is 13.5 Å². The van der Waals surface area contributed by atoms with Gasteiger partial charge in [0.25, 0.3) is 0 Å². The molecule has 1 unspecified atom stereocenters. The Morgan fingerprint density at radius 3 is 2.18 bits per heavy atom. The minimum Gasteiger partial charge on any atom is -0.392 e. The number of hydrogen-bond acceptors (Lipinski definition) is 4. The van der Waals surface area contributed by atoms with Gasteiger partial charge in [-0.1, -0.05) is 33.6 Å². The van der Waals surface area contributed by atoms with Gasteiger partial charge in [-0.3, -0.25) is 0 Å². The van der Waals surface area contributed by atoms with Crippen LogP contribution in [0.3, 0.4) is 0 Å². The predicted molar refractivity (Wildman–Crippen MR) is 71.9 cm³/mol. The maximum absolute atomic E-state index is 11.4. The third-order valence-corrected chi connectivity index (χ3v) is 4.91. The first-order chi connectivity index (χ1) is 7.96. The maximum Gasteiger partial charge on any atom is 0.151 e. The number of sulfone groups is 1. The van der Waals surface area contributed by atoms with Crippen LogP contribution in [0.15, 0.2) is 0 Å². The lowest BCUT2D eigenvalue weighted by Gasteiger charge is -2.20. The maximum atomic E-state index is 11.4. The van der Waals surface area contributed by atoms with Crippen LogP contribution >= 0.6 is 0 Å². The summed E-state index contributed by atoms with van der Waals surface area (Å²) in [5.74, 6) is 0.718. The Balaban J connectivity index is 3.78. The first-order valence-electron chi connectivity index (χ1n) is 6.56. The van der Waals surface area contributed by atoms with Crippen molar-refractivity contribution in [1.29, 1.82) is 0 Å². The summed E-state index contributed by atoms with van der Waals surface area (Å²) in [5.41, 5.74) is 0. The first kappa shape index (κ1) is 16.9. The third-order valence-electron chi connectivity index (χ3n) is 3.05. The Bertz CT molecular complexity index is 273. The lowest BCUT2D eigenvalue weighted by atomic mass is 9.97. The van der Waals surface area contributed by atoms with Crippen molar-refractivity contribution in [1.82, 2.24) is 5.32 Å². The molecule has 0 fully saturated rings. The van der Waals surface area contributed by atoms with E-state index >= 15 is 0 Å². The Hall–Kier alpha value is -0.130. The fraction of sp³-hybridized carbons (Fsp3) is 1.00. The van der Waals surface area contributed by atoms with Crippen molar-refractivity contribution in [3.05, 3.63) is 0 Å². The minimum absolute atomic E-state index is 0.163. The molecule has 104 valence electrons. The molecule has 0 saturated heterocycles. The van der Waals surface area contributed by atoms with Crippen molar-refractivity contribution in [2.45, 2.75) is 46.1 Å². The molecule has 0 rings (SSSR count). The van der Waals surface area contributed by atoms with Crippen LogP contribution in [0.2, 0.25) is 0 Å². The number of aliphatic hydroxyl groups excluding tert-OH is 1. The molecule has 0 heterocycles. The lowest BCUT2D eigenvalue weighted by Crippen LogP contribution is -2.35. The van der Waals surface area contributed by atoms with Gasteiger partial charge in [0.1, 0.15) is 0 Å². The fourth-order valence-corrected chi connectivity index (χ4v) is 3.17. The van der Waals surface area contributed by atoms with E-state index in [2.05, 4.69) is 19.2 Å². The Kier molecular flexibility index (Phi) is 8.82. The summed E-state index contributed by atoms with van der Waals surface area (Å²) in [6.45, 7) is 6.89. The summed E-state index contributed by atoms with van der Waals surface area (Å²) in [6, 6.07) is 0. The number of hydrogen-bond donors (Lipinski definition) is 2. The largest absolute Gasteiger partial charge is 0.392 e. The third kappa shape index (κ3) is 7.73. The molecule has 0 amide bonds. The summed E-state index contributed by atoms with van der Waals surface area (Å²) in [6.07, 6.45) is 2.19. The molecular formula is C12H27NO3S. The van der Waals surface area contributed by atoms with E-state index in [1.54, 1.807) is 0 Å². The average Bonchev–Trinajstić information content (AvgIpc) is 2.26. The van der Waals surface area contributed by atoms with Crippen molar-refractivity contribution < 1.29 is 13.5 Å². The highest BCUT2D eigenvalue weighted by Crippen LogP contribution is 2.11. The van der Waals surface area contributed by atoms with Crippen molar-refractivity contribution in [2.24, 2.45) is 5.92 Å². The quantitative estimate of drug-likeness (QED) is 0.582. The van der Waals surface area contributed by atoms with Gasteiger partial charge in [0.15, 0.2) is 9.84 Å². The van der Waals surface area contributed by atoms with Crippen LogP contribution in [-0.2, 0) is 9.84 Å². The number of rotatable bonds is 10. The molecule has 0 bridgehead atoms. The Morgan fingerprint density at radius 1 is 1.12 bits per heavy atom. The highest BCUT2D eigenvalue weighted by Gasteiger charge is 2.15. The van der Waals surface area contributed by atoms with E-state index in [0.29, 0.717) is 25.4 Å². The fourth-order valence-electron chi connectivity index (χ4n) is 1.89. The molecular weight excluding hydrogens is 238 g/mol. The van der Waals surface area contributed by atoms with Crippen molar-refractivity contribution in [2.75, 3.05) is 24.6 Å². The Labute approximate surface area is 106 Å². The van der Waals surface area contributed by atoms with Crippen molar-refractivity contribution in [3.8, 4) is 0 Å². The second-order valence-corrected chi connectivity index (χ2v) is 6.80. The van der Waals surface area contributed by atoms with Gasteiger partial charge in [0, 0.05) is 18.8 Å². The molecule has 0 aliphatic heterocycles. The van der Waals surface area contributed by atoms with Crippen LogP contribution in [0, 0.1) is 5.92 Å². The highest BCUT2D eigenvalue weighted by molar-refractivity contribution is 7.91. The number of aliphatic hydroxyl groups is 1. The monoisotopic (exact) mass is 265 g/mol. The molecule has 0 radical (unpaired) electrons. The van der Waals surface area contributed by atoms with Gasteiger partial charge in [-0.25, -0.2) is 8.42 Å². The molecule has 0 aliphatic rings. The topological polar surface area (TPSA) is 66.4 Å². The normalized spacial score (nSPS) is 14.2. The number of nitrogens with one attached hydrogen (secondary N) is 1. The van der Waals surface area contributed by atoms with Gasteiger partial charge < -0.3 is 10.4 Å². The molecule has 4 nitrogen and oxygen atoms in total. The molecule has 0 spiro atoms. The van der Waals surface area contributed by atoms with Gasteiger partial charge >= 0.3 is 0 Å². The summed E-state index contributed by atoms with van der Waals surface area (Å²) >= 11 is 0. The van der Waals surface area contributed by atoms with E-state index in [0.717, 1.165) is 12.8 Å². The van der Waals surface area contributed by atoms with E-state index < -0.39 is 9.84 Å². The zero-order valence-electron chi connectivity index (χ0n) is 11.3.